The summed E-state index contributed by atoms with van der Waals surface area (Å²) < 4.78 is 5.13. The van der Waals surface area contributed by atoms with E-state index in [1.807, 2.05) is 12.1 Å². The lowest BCUT2D eigenvalue weighted by Gasteiger charge is -2.27. The van der Waals surface area contributed by atoms with Crippen molar-refractivity contribution in [2.75, 3.05) is 11.5 Å². The van der Waals surface area contributed by atoms with E-state index in [-0.39, 0.29) is 5.97 Å². The largest absolute Gasteiger partial charge is 0.456 e. The van der Waals surface area contributed by atoms with Gasteiger partial charge in [-0.1, -0.05) is 35.9 Å². The number of esters is 1. The molecule has 5 heteroatoms. The van der Waals surface area contributed by atoms with Gasteiger partial charge in [-0.3, -0.25) is 0 Å². The summed E-state index contributed by atoms with van der Waals surface area (Å²) in [6.07, 6.45) is 5.80. The molecule has 0 spiro atoms. The number of ether oxygens (including phenoxy) is 1. The van der Waals surface area contributed by atoms with Crippen LogP contribution in [0, 0.1) is 0 Å². The number of cyclic esters (lactones) is 1. The Balaban J connectivity index is 1.72. The number of aromatic nitrogens is 1. The lowest BCUT2D eigenvalue weighted by atomic mass is 10.1. The number of para-hydroxylation sites is 1. The van der Waals surface area contributed by atoms with E-state index in [0.29, 0.717) is 24.2 Å². The van der Waals surface area contributed by atoms with Gasteiger partial charge in [-0.2, -0.15) is 0 Å². The van der Waals surface area contributed by atoms with Crippen molar-refractivity contribution < 1.29 is 9.53 Å². The topological polar surface area (TPSA) is 42.4 Å². The minimum absolute atomic E-state index is 0.284. The van der Waals surface area contributed by atoms with Crippen LogP contribution in [0.15, 0.2) is 54.4 Å². The third-order valence-electron chi connectivity index (χ3n) is 4.37. The average molecular weight is 341 g/mol. The highest BCUT2D eigenvalue weighted by Crippen LogP contribution is 2.45. The summed E-state index contributed by atoms with van der Waals surface area (Å²) >= 11 is 5.89. The standard InChI is InChI=1S/C19H17ClN2O2/c20-18-8-5-13(10-21-18)11-22(15-9-19(23)24-12-15)17-4-2-1-3-16(17)14-6-7-14/h1-5,8-10,14H,6-7,11-12H2. The molecule has 1 aromatic carbocycles. The van der Waals surface area contributed by atoms with Gasteiger partial charge in [-0.25, -0.2) is 9.78 Å². The Labute approximate surface area is 145 Å². The van der Waals surface area contributed by atoms with E-state index in [2.05, 4.69) is 28.1 Å². The van der Waals surface area contributed by atoms with Crippen LogP contribution in [0.2, 0.25) is 5.15 Å². The molecule has 4 nitrogen and oxygen atoms in total. The fraction of sp³-hybridized carbons (Fsp3) is 0.263. The molecule has 2 heterocycles. The summed E-state index contributed by atoms with van der Waals surface area (Å²) in [5, 5.41) is 0.474. The normalized spacial score (nSPS) is 16.7. The Morgan fingerprint density at radius 1 is 1.21 bits per heavy atom. The Kier molecular flexibility index (Phi) is 3.98. The second kappa shape index (κ2) is 6.29. The summed E-state index contributed by atoms with van der Waals surface area (Å²) in [6.45, 7) is 0.926. The van der Waals surface area contributed by atoms with Crippen molar-refractivity contribution in [2.45, 2.75) is 25.3 Å². The molecule has 0 atom stereocenters. The molecule has 1 aliphatic carbocycles. The highest BCUT2D eigenvalue weighted by molar-refractivity contribution is 6.29. The van der Waals surface area contributed by atoms with Crippen LogP contribution in [0.25, 0.3) is 0 Å². The maximum atomic E-state index is 11.6. The molecule has 0 unspecified atom stereocenters. The van der Waals surface area contributed by atoms with E-state index in [0.717, 1.165) is 16.9 Å². The number of halogens is 1. The minimum Gasteiger partial charge on any atom is -0.456 e. The van der Waals surface area contributed by atoms with Crippen molar-refractivity contribution >= 4 is 23.3 Å². The Hall–Kier alpha value is -2.33. The fourth-order valence-corrected chi connectivity index (χ4v) is 3.13. The SMILES string of the molecule is O=C1C=C(N(Cc2ccc(Cl)nc2)c2ccccc2C2CC2)CO1. The number of hydrogen-bond acceptors (Lipinski definition) is 4. The molecular formula is C19H17ClN2O2. The molecule has 2 aromatic rings. The molecule has 0 saturated heterocycles. The first kappa shape index (κ1) is 15.2. The average Bonchev–Trinajstić information content (AvgIpc) is 3.36. The van der Waals surface area contributed by atoms with Gasteiger partial charge in [0, 0.05) is 24.5 Å². The van der Waals surface area contributed by atoms with Crippen LogP contribution in [-0.2, 0) is 16.1 Å². The molecule has 0 bridgehead atoms. The van der Waals surface area contributed by atoms with E-state index >= 15 is 0 Å². The molecule has 0 N–H and O–H groups in total. The quantitative estimate of drug-likeness (QED) is 0.608. The summed E-state index contributed by atoms with van der Waals surface area (Å²) in [5.41, 5.74) is 4.38. The van der Waals surface area contributed by atoms with Gasteiger partial charge in [0.15, 0.2) is 0 Å². The van der Waals surface area contributed by atoms with E-state index in [1.54, 1.807) is 18.3 Å². The van der Waals surface area contributed by atoms with Crippen LogP contribution in [-0.4, -0.2) is 17.6 Å². The van der Waals surface area contributed by atoms with Crippen LogP contribution in [0.4, 0.5) is 5.69 Å². The number of rotatable bonds is 5. The van der Waals surface area contributed by atoms with E-state index in [4.69, 9.17) is 16.3 Å². The lowest BCUT2D eigenvalue weighted by Crippen LogP contribution is -2.24. The maximum absolute atomic E-state index is 11.6. The smallest absolute Gasteiger partial charge is 0.333 e. The molecule has 0 amide bonds. The number of carbonyl (C=O) groups is 1. The molecule has 4 rings (SSSR count). The van der Waals surface area contributed by atoms with Gasteiger partial charge >= 0.3 is 5.97 Å². The van der Waals surface area contributed by atoms with E-state index in [1.165, 1.54) is 18.4 Å². The minimum atomic E-state index is -0.284. The second-order valence-corrected chi connectivity index (χ2v) is 6.54. The summed E-state index contributed by atoms with van der Waals surface area (Å²) in [5.74, 6) is 0.332. The zero-order valence-corrected chi connectivity index (χ0v) is 13.9. The third-order valence-corrected chi connectivity index (χ3v) is 4.59. The molecule has 24 heavy (non-hydrogen) atoms. The molecule has 1 saturated carbocycles. The van der Waals surface area contributed by atoms with Gasteiger partial charge in [-0.15, -0.1) is 0 Å². The third kappa shape index (κ3) is 3.15. The number of benzene rings is 1. The molecule has 2 aliphatic rings. The predicted molar refractivity (Wildman–Crippen MR) is 92.9 cm³/mol. The van der Waals surface area contributed by atoms with E-state index < -0.39 is 0 Å². The highest BCUT2D eigenvalue weighted by Gasteiger charge is 2.29. The van der Waals surface area contributed by atoms with Gasteiger partial charge in [0.05, 0.1) is 5.70 Å². The van der Waals surface area contributed by atoms with Gasteiger partial charge in [0.1, 0.15) is 11.8 Å². The summed E-state index contributed by atoms with van der Waals surface area (Å²) in [6, 6.07) is 12.1. The van der Waals surface area contributed by atoms with Crippen LogP contribution in [0.3, 0.4) is 0 Å². The number of carbonyl (C=O) groups excluding carboxylic acids is 1. The maximum Gasteiger partial charge on any atom is 0.333 e. The summed E-state index contributed by atoms with van der Waals surface area (Å²) in [7, 11) is 0. The first-order valence-corrected chi connectivity index (χ1v) is 8.43. The molecule has 0 radical (unpaired) electrons. The number of hydrogen-bond donors (Lipinski definition) is 0. The highest BCUT2D eigenvalue weighted by atomic mass is 35.5. The first-order chi connectivity index (χ1) is 11.7. The number of anilines is 1. The van der Waals surface area contributed by atoms with Crippen LogP contribution in [0.1, 0.15) is 29.9 Å². The van der Waals surface area contributed by atoms with Gasteiger partial charge in [-0.05, 0) is 42.0 Å². The summed E-state index contributed by atoms with van der Waals surface area (Å²) in [4.78, 5) is 17.9. The number of pyridine rings is 1. The molecule has 1 aliphatic heterocycles. The van der Waals surface area contributed by atoms with Gasteiger partial charge < -0.3 is 9.64 Å². The van der Waals surface area contributed by atoms with Crippen molar-refractivity contribution in [3.8, 4) is 0 Å². The van der Waals surface area contributed by atoms with Crippen LogP contribution in [0.5, 0.6) is 0 Å². The Morgan fingerprint density at radius 3 is 2.71 bits per heavy atom. The molecule has 1 fully saturated rings. The zero-order chi connectivity index (χ0) is 16.5. The monoisotopic (exact) mass is 340 g/mol. The van der Waals surface area contributed by atoms with Gasteiger partial charge in [0.25, 0.3) is 0 Å². The predicted octanol–water partition coefficient (Wildman–Crippen LogP) is 4.06. The lowest BCUT2D eigenvalue weighted by molar-refractivity contribution is -0.134. The zero-order valence-electron chi connectivity index (χ0n) is 13.1. The molecule has 1 aromatic heterocycles. The Morgan fingerprint density at radius 2 is 2.04 bits per heavy atom. The van der Waals surface area contributed by atoms with Crippen molar-refractivity contribution in [1.29, 1.82) is 0 Å². The van der Waals surface area contributed by atoms with Gasteiger partial charge in [0.2, 0.25) is 0 Å². The number of nitrogens with zero attached hydrogens (tertiary/aromatic N) is 2. The second-order valence-electron chi connectivity index (χ2n) is 6.15. The van der Waals surface area contributed by atoms with Crippen molar-refractivity contribution in [2.24, 2.45) is 0 Å². The van der Waals surface area contributed by atoms with Crippen LogP contribution < -0.4 is 4.90 Å². The first-order valence-electron chi connectivity index (χ1n) is 8.05. The van der Waals surface area contributed by atoms with Crippen molar-refractivity contribution in [1.82, 2.24) is 4.98 Å². The van der Waals surface area contributed by atoms with Crippen molar-refractivity contribution in [3.05, 3.63) is 70.6 Å². The van der Waals surface area contributed by atoms with Crippen LogP contribution >= 0.6 is 11.6 Å². The molecular weight excluding hydrogens is 324 g/mol. The van der Waals surface area contributed by atoms with E-state index in [9.17, 15) is 4.79 Å². The van der Waals surface area contributed by atoms with Crippen molar-refractivity contribution in [3.63, 3.8) is 0 Å². The Bertz CT molecular complexity index is 797. The molecule has 122 valence electrons. The fourth-order valence-electron chi connectivity index (χ4n) is 3.02.